The number of non-ortho nitro benzene ring substituents is 1. The number of anilines is 1. The lowest BCUT2D eigenvalue weighted by Gasteiger charge is -2.12. The fourth-order valence-corrected chi connectivity index (χ4v) is 2.63. The molecule has 1 amide bonds. The summed E-state index contributed by atoms with van der Waals surface area (Å²) >= 11 is 0. The van der Waals surface area contributed by atoms with Crippen LogP contribution in [0.2, 0.25) is 0 Å². The minimum Gasteiger partial charge on any atom is -0.267 e. The number of carbonyl (C=O) groups excluding carboxylic acids is 1. The van der Waals surface area contributed by atoms with E-state index in [9.17, 15) is 14.9 Å². The Morgan fingerprint density at radius 1 is 1.20 bits per heavy atom. The van der Waals surface area contributed by atoms with Crippen LogP contribution in [0.5, 0.6) is 0 Å². The summed E-state index contributed by atoms with van der Waals surface area (Å²) in [5, 5.41) is 16.6. The van der Waals surface area contributed by atoms with Crippen LogP contribution < -0.4 is 5.01 Å². The molecule has 0 bridgehead atoms. The minimum absolute atomic E-state index is 0.0126. The molecule has 0 saturated carbocycles. The quantitative estimate of drug-likeness (QED) is 0.482. The van der Waals surface area contributed by atoms with Crippen LogP contribution in [0.25, 0.3) is 6.08 Å². The highest BCUT2D eigenvalue weighted by molar-refractivity contribution is 6.32. The number of hydrogen-bond acceptors (Lipinski definition) is 4. The van der Waals surface area contributed by atoms with Gasteiger partial charge in [-0.15, -0.1) is 0 Å². The van der Waals surface area contributed by atoms with Gasteiger partial charge in [0, 0.05) is 12.1 Å². The molecule has 0 aromatic heterocycles. The summed E-state index contributed by atoms with van der Waals surface area (Å²) in [5.41, 5.74) is 3.47. The molecule has 6 heteroatoms. The van der Waals surface area contributed by atoms with Crippen molar-refractivity contribution < 1.29 is 9.72 Å². The van der Waals surface area contributed by atoms with Crippen LogP contribution in [-0.4, -0.2) is 16.5 Å². The Hall–Kier alpha value is -3.28. The lowest BCUT2D eigenvalue weighted by molar-refractivity contribution is -0.384. The maximum atomic E-state index is 12.7. The van der Waals surface area contributed by atoms with Crippen LogP contribution in [0.1, 0.15) is 25.0 Å². The highest BCUT2D eigenvalue weighted by Crippen LogP contribution is 2.26. The first-order chi connectivity index (χ1) is 12.0. The number of nitro groups is 1. The maximum Gasteiger partial charge on any atom is 0.280 e. The molecular weight excluding hydrogens is 318 g/mol. The molecule has 0 fully saturated rings. The number of hydrogen-bond donors (Lipinski definition) is 0. The largest absolute Gasteiger partial charge is 0.280 e. The smallest absolute Gasteiger partial charge is 0.267 e. The standard InChI is InChI=1S/C19H17N3O3/c1-3-14-7-9-16(10-8-14)21-19(23)18(13(2)20-21)12-15-5-4-6-17(11-15)22(24)25/h4-12H,3H2,1-2H3/b18-12-. The molecule has 126 valence electrons. The lowest BCUT2D eigenvalue weighted by Crippen LogP contribution is -2.21. The van der Waals surface area contributed by atoms with E-state index in [2.05, 4.69) is 12.0 Å². The van der Waals surface area contributed by atoms with Gasteiger partial charge in [-0.05, 0) is 42.7 Å². The summed E-state index contributed by atoms with van der Waals surface area (Å²) in [7, 11) is 0. The Bertz CT molecular complexity index is 898. The third-order valence-corrected chi connectivity index (χ3v) is 4.04. The lowest BCUT2D eigenvalue weighted by atomic mass is 10.1. The predicted octanol–water partition coefficient (Wildman–Crippen LogP) is 3.96. The molecule has 2 aromatic carbocycles. The van der Waals surface area contributed by atoms with Gasteiger partial charge in [0.05, 0.1) is 21.9 Å². The summed E-state index contributed by atoms with van der Waals surface area (Å²) in [4.78, 5) is 23.1. The van der Waals surface area contributed by atoms with Gasteiger partial charge in [0.1, 0.15) is 0 Å². The van der Waals surface area contributed by atoms with E-state index in [1.165, 1.54) is 22.7 Å². The zero-order chi connectivity index (χ0) is 18.0. The number of rotatable bonds is 4. The van der Waals surface area contributed by atoms with Crippen LogP contribution in [-0.2, 0) is 11.2 Å². The second kappa shape index (κ2) is 6.68. The van der Waals surface area contributed by atoms with Gasteiger partial charge >= 0.3 is 0 Å². The van der Waals surface area contributed by atoms with E-state index in [1.54, 1.807) is 25.1 Å². The van der Waals surface area contributed by atoms with Gasteiger partial charge in [0.15, 0.2) is 0 Å². The molecule has 0 unspecified atom stereocenters. The first-order valence-electron chi connectivity index (χ1n) is 7.94. The molecule has 25 heavy (non-hydrogen) atoms. The molecule has 1 aliphatic heterocycles. The molecule has 3 rings (SSSR count). The Morgan fingerprint density at radius 2 is 1.92 bits per heavy atom. The number of benzene rings is 2. The van der Waals surface area contributed by atoms with Crippen LogP contribution in [0, 0.1) is 10.1 Å². The first kappa shape index (κ1) is 16.6. The van der Waals surface area contributed by atoms with Crippen molar-refractivity contribution in [1.29, 1.82) is 0 Å². The minimum atomic E-state index is -0.457. The Balaban J connectivity index is 1.91. The van der Waals surface area contributed by atoms with Gasteiger partial charge in [-0.2, -0.15) is 10.1 Å². The maximum absolute atomic E-state index is 12.7. The average Bonchev–Trinajstić information content (AvgIpc) is 2.90. The Kier molecular flexibility index (Phi) is 4.43. The van der Waals surface area contributed by atoms with Gasteiger partial charge in [-0.25, -0.2) is 0 Å². The van der Waals surface area contributed by atoms with Gasteiger partial charge in [0.2, 0.25) is 0 Å². The Morgan fingerprint density at radius 3 is 2.56 bits per heavy atom. The van der Waals surface area contributed by atoms with Gasteiger partial charge in [0.25, 0.3) is 11.6 Å². The number of hydrazone groups is 1. The van der Waals surface area contributed by atoms with Crippen LogP contribution in [0.3, 0.4) is 0 Å². The van der Waals surface area contributed by atoms with Gasteiger partial charge < -0.3 is 0 Å². The molecule has 2 aromatic rings. The van der Waals surface area contributed by atoms with E-state index in [4.69, 9.17) is 0 Å². The second-order valence-corrected chi connectivity index (χ2v) is 5.73. The van der Waals surface area contributed by atoms with Crippen LogP contribution in [0.4, 0.5) is 11.4 Å². The van der Waals surface area contributed by atoms with E-state index < -0.39 is 4.92 Å². The number of carbonyl (C=O) groups is 1. The van der Waals surface area contributed by atoms with Crippen LogP contribution in [0.15, 0.2) is 59.2 Å². The molecule has 1 aliphatic rings. The van der Waals surface area contributed by atoms with Crippen molar-refractivity contribution in [2.75, 3.05) is 5.01 Å². The Labute approximate surface area is 145 Å². The number of nitro benzene ring substituents is 1. The zero-order valence-electron chi connectivity index (χ0n) is 14.0. The first-order valence-corrected chi connectivity index (χ1v) is 7.94. The topological polar surface area (TPSA) is 75.8 Å². The fourth-order valence-electron chi connectivity index (χ4n) is 2.63. The molecule has 1 heterocycles. The summed E-state index contributed by atoms with van der Waals surface area (Å²) in [6, 6.07) is 13.8. The molecular formula is C19H17N3O3. The van der Waals surface area contributed by atoms with Crippen molar-refractivity contribution in [1.82, 2.24) is 0 Å². The number of amides is 1. The van der Waals surface area contributed by atoms with Crippen LogP contribution >= 0.6 is 0 Å². The molecule has 0 aliphatic carbocycles. The van der Waals surface area contributed by atoms with Gasteiger partial charge in [-0.3, -0.25) is 14.9 Å². The van der Waals surface area contributed by atoms with Crippen molar-refractivity contribution in [3.05, 3.63) is 75.3 Å². The third kappa shape index (κ3) is 3.33. The van der Waals surface area contributed by atoms with Crippen molar-refractivity contribution in [3.63, 3.8) is 0 Å². The second-order valence-electron chi connectivity index (χ2n) is 5.73. The van der Waals surface area contributed by atoms with E-state index in [0.717, 1.165) is 6.42 Å². The molecule has 0 N–H and O–H groups in total. The molecule has 0 spiro atoms. The summed E-state index contributed by atoms with van der Waals surface area (Å²) in [6.07, 6.45) is 2.56. The van der Waals surface area contributed by atoms with E-state index in [-0.39, 0.29) is 11.6 Å². The molecule has 6 nitrogen and oxygen atoms in total. The molecule has 0 radical (unpaired) electrons. The zero-order valence-corrected chi connectivity index (χ0v) is 14.0. The van der Waals surface area contributed by atoms with Crippen molar-refractivity contribution in [2.24, 2.45) is 5.10 Å². The number of aryl methyl sites for hydroxylation is 1. The van der Waals surface area contributed by atoms with E-state index >= 15 is 0 Å². The predicted molar refractivity (Wildman–Crippen MR) is 97.5 cm³/mol. The number of nitrogens with zero attached hydrogens (tertiary/aromatic N) is 3. The fraction of sp³-hybridized carbons (Fsp3) is 0.158. The summed E-state index contributed by atoms with van der Waals surface area (Å²) < 4.78 is 0. The molecule has 0 saturated heterocycles. The third-order valence-electron chi connectivity index (χ3n) is 4.04. The van der Waals surface area contributed by atoms with E-state index in [0.29, 0.717) is 22.5 Å². The van der Waals surface area contributed by atoms with Crippen molar-refractivity contribution >= 4 is 29.1 Å². The highest BCUT2D eigenvalue weighted by atomic mass is 16.6. The van der Waals surface area contributed by atoms with E-state index in [1.807, 2.05) is 24.3 Å². The van der Waals surface area contributed by atoms with Crippen molar-refractivity contribution in [3.8, 4) is 0 Å². The highest BCUT2D eigenvalue weighted by Gasteiger charge is 2.28. The summed E-state index contributed by atoms with van der Waals surface area (Å²) in [5.74, 6) is -0.242. The summed E-state index contributed by atoms with van der Waals surface area (Å²) in [6.45, 7) is 3.82. The SMILES string of the molecule is CCc1ccc(N2N=C(C)/C(=C/c3cccc([N+](=O)[O-])c3)C2=O)cc1. The normalized spacial score (nSPS) is 15.6. The van der Waals surface area contributed by atoms with Gasteiger partial charge in [-0.1, -0.05) is 31.2 Å². The monoisotopic (exact) mass is 335 g/mol. The molecule has 0 atom stereocenters. The van der Waals surface area contributed by atoms with Crippen molar-refractivity contribution in [2.45, 2.75) is 20.3 Å². The average molecular weight is 335 g/mol.